The van der Waals surface area contributed by atoms with E-state index in [4.69, 9.17) is 5.26 Å². The van der Waals surface area contributed by atoms with E-state index in [0.717, 1.165) is 35.2 Å². The zero-order chi connectivity index (χ0) is 22.8. The first-order valence-corrected chi connectivity index (χ1v) is 12.5. The second-order valence-electron chi connectivity index (χ2n) is 8.44. The van der Waals surface area contributed by atoms with Gasteiger partial charge in [0.1, 0.15) is 11.2 Å². The van der Waals surface area contributed by atoms with Gasteiger partial charge in [-0.3, -0.25) is 0 Å². The molecule has 1 aliphatic carbocycles. The second kappa shape index (κ2) is 12.4. The van der Waals surface area contributed by atoms with Gasteiger partial charge in [-0.2, -0.15) is 5.26 Å². The quantitative estimate of drug-likeness (QED) is 0.268. The lowest BCUT2D eigenvalue weighted by Crippen LogP contribution is -2.13. The summed E-state index contributed by atoms with van der Waals surface area (Å²) in [7, 11) is 0. The van der Waals surface area contributed by atoms with Crippen LogP contribution in [0.3, 0.4) is 0 Å². The normalized spacial score (nSPS) is 17.4. The molecule has 3 rings (SSSR count). The molecule has 0 unspecified atom stereocenters. The molecule has 2 aromatic carbocycles. The van der Waals surface area contributed by atoms with Crippen molar-refractivity contribution < 1.29 is 4.39 Å². The molecule has 0 spiro atoms. The zero-order valence-corrected chi connectivity index (χ0v) is 19.8. The second-order valence-corrected chi connectivity index (χ2v) is 9.27. The number of aryl methyl sites for hydroxylation is 1. The molecule has 1 fully saturated rings. The molecule has 32 heavy (non-hydrogen) atoms. The van der Waals surface area contributed by atoms with Gasteiger partial charge in [0, 0.05) is 22.6 Å². The minimum Gasteiger partial charge on any atom is -0.206 e. The maximum atomic E-state index is 14.0. The molecule has 0 bridgehead atoms. The standard InChI is InChI=1S/C29H30FNS/c1-3-5-6-22-7-9-23(10-8-22)13-16-27-17-14-24(19-26(27)4-2)11-12-25-15-18-29(32-21-31)28(30)20-25/h14-15,17-20,22-23H,3-10H2,1-2H3. The summed E-state index contributed by atoms with van der Waals surface area (Å²) in [5, 5.41) is 10.6. The van der Waals surface area contributed by atoms with Crippen molar-refractivity contribution in [1.82, 2.24) is 0 Å². The average molecular weight is 444 g/mol. The van der Waals surface area contributed by atoms with Crippen molar-refractivity contribution in [2.75, 3.05) is 0 Å². The van der Waals surface area contributed by atoms with Crippen LogP contribution in [0.1, 0.15) is 81.0 Å². The van der Waals surface area contributed by atoms with E-state index in [1.54, 1.807) is 12.1 Å². The number of benzene rings is 2. The van der Waals surface area contributed by atoms with Gasteiger partial charge >= 0.3 is 0 Å². The fraction of sp³-hybridized carbons (Fsp3) is 0.414. The number of halogens is 1. The van der Waals surface area contributed by atoms with Crippen LogP contribution in [0.4, 0.5) is 4.39 Å². The predicted molar refractivity (Wildman–Crippen MR) is 132 cm³/mol. The number of unbranched alkanes of at least 4 members (excludes halogenated alkanes) is 1. The summed E-state index contributed by atoms with van der Waals surface area (Å²) in [5.41, 5.74) is 3.80. The molecule has 1 aliphatic rings. The highest BCUT2D eigenvalue weighted by molar-refractivity contribution is 8.03. The highest BCUT2D eigenvalue weighted by Gasteiger charge is 2.19. The van der Waals surface area contributed by atoms with Crippen LogP contribution in [0.2, 0.25) is 0 Å². The van der Waals surface area contributed by atoms with E-state index < -0.39 is 5.82 Å². The Kier molecular flexibility index (Phi) is 9.28. The maximum Gasteiger partial charge on any atom is 0.139 e. The smallest absolute Gasteiger partial charge is 0.139 e. The minimum atomic E-state index is -0.414. The molecule has 0 amide bonds. The molecule has 1 saturated carbocycles. The highest BCUT2D eigenvalue weighted by Crippen LogP contribution is 2.31. The van der Waals surface area contributed by atoms with E-state index in [1.165, 1.54) is 56.6 Å². The number of nitrogens with zero attached hydrogens (tertiary/aromatic N) is 1. The molecule has 0 heterocycles. The first kappa shape index (κ1) is 24.0. The lowest BCUT2D eigenvalue weighted by atomic mass is 9.80. The van der Waals surface area contributed by atoms with Crippen molar-refractivity contribution in [3.63, 3.8) is 0 Å². The fourth-order valence-corrected chi connectivity index (χ4v) is 4.60. The van der Waals surface area contributed by atoms with Gasteiger partial charge in [-0.25, -0.2) is 4.39 Å². The average Bonchev–Trinajstić information content (AvgIpc) is 2.82. The first-order valence-electron chi connectivity index (χ1n) is 11.6. The Morgan fingerprint density at radius 1 is 0.969 bits per heavy atom. The van der Waals surface area contributed by atoms with Gasteiger partial charge in [-0.15, -0.1) is 0 Å². The molecule has 1 nitrogen and oxygen atoms in total. The molecule has 0 atom stereocenters. The third-order valence-electron chi connectivity index (χ3n) is 6.15. The van der Waals surface area contributed by atoms with Gasteiger partial charge in [-0.05, 0) is 91.7 Å². The van der Waals surface area contributed by atoms with Crippen LogP contribution in [0, 0.1) is 52.0 Å². The Bertz CT molecular complexity index is 1080. The number of nitriles is 1. The Labute approximate surface area is 196 Å². The summed E-state index contributed by atoms with van der Waals surface area (Å²) >= 11 is 0.819. The van der Waals surface area contributed by atoms with Crippen LogP contribution in [0.25, 0.3) is 0 Å². The number of hydrogen-bond donors (Lipinski definition) is 0. The Morgan fingerprint density at radius 2 is 1.69 bits per heavy atom. The Balaban J connectivity index is 1.67. The fourth-order valence-electron chi connectivity index (χ4n) is 4.21. The van der Waals surface area contributed by atoms with E-state index in [9.17, 15) is 4.39 Å². The van der Waals surface area contributed by atoms with Gasteiger partial charge in [0.2, 0.25) is 0 Å². The van der Waals surface area contributed by atoms with Crippen LogP contribution < -0.4 is 0 Å². The molecule has 164 valence electrons. The SMILES string of the molecule is CCCCC1CCC(C#Cc2ccc(C#Cc3ccc(SC#N)c(F)c3)cc2CC)CC1. The van der Waals surface area contributed by atoms with E-state index in [1.807, 2.05) is 11.5 Å². The molecule has 0 radical (unpaired) electrons. The van der Waals surface area contributed by atoms with Crippen LogP contribution in [0.15, 0.2) is 41.3 Å². The maximum absolute atomic E-state index is 14.0. The van der Waals surface area contributed by atoms with Crippen LogP contribution >= 0.6 is 11.8 Å². The van der Waals surface area contributed by atoms with Crippen molar-refractivity contribution in [1.29, 1.82) is 5.26 Å². The number of thiocyanates is 1. The van der Waals surface area contributed by atoms with E-state index in [0.29, 0.717) is 16.4 Å². The summed E-state index contributed by atoms with van der Waals surface area (Å²) in [6, 6.07) is 10.9. The molecule has 3 heteroatoms. The summed E-state index contributed by atoms with van der Waals surface area (Å²) in [6.07, 6.45) is 10.0. The molecular weight excluding hydrogens is 413 g/mol. The molecule has 0 aliphatic heterocycles. The topological polar surface area (TPSA) is 23.8 Å². The van der Waals surface area contributed by atoms with Crippen LogP contribution in [0.5, 0.6) is 0 Å². The molecule has 0 N–H and O–H groups in total. The summed E-state index contributed by atoms with van der Waals surface area (Å²) in [6.45, 7) is 4.41. The molecule has 0 saturated heterocycles. The number of hydrogen-bond acceptors (Lipinski definition) is 2. The molecular formula is C29H30FNS. The third-order valence-corrected chi connectivity index (χ3v) is 6.79. The monoisotopic (exact) mass is 443 g/mol. The van der Waals surface area contributed by atoms with E-state index >= 15 is 0 Å². The predicted octanol–water partition coefficient (Wildman–Crippen LogP) is 7.71. The van der Waals surface area contributed by atoms with Crippen molar-refractivity contribution in [2.45, 2.75) is 70.1 Å². The molecule has 2 aromatic rings. The lowest BCUT2D eigenvalue weighted by Gasteiger charge is -2.25. The van der Waals surface area contributed by atoms with Gasteiger partial charge in [-0.1, -0.05) is 56.8 Å². The van der Waals surface area contributed by atoms with Crippen molar-refractivity contribution in [3.8, 4) is 29.1 Å². The van der Waals surface area contributed by atoms with E-state index in [-0.39, 0.29) is 0 Å². The van der Waals surface area contributed by atoms with Gasteiger partial charge < -0.3 is 0 Å². The Hall–Kier alpha value is -2.67. The van der Waals surface area contributed by atoms with E-state index in [2.05, 4.69) is 49.7 Å². The Morgan fingerprint density at radius 3 is 2.34 bits per heavy atom. The first-order chi connectivity index (χ1) is 15.6. The van der Waals surface area contributed by atoms with Gasteiger partial charge in [0.25, 0.3) is 0 Å². The zero-order valence-electron chi connectivity index (χ0n) is 19.0. The minimum absolute atomic E-state index is 0.323. The summed E-state index contributed by atoms with van der Waals surface area (Å²) in [4.78, 5) is 0.323. The van der Waals surface area contributed by atoms with Crippen LogP contribution in [-0.4, -0.2) is 0 Å². The largest absolute Gasteiger partial charge is 0.206 e. The van der Waals surface area contributed by atoms with Crippen molar-refractivity contribution in [2.24, 2.45) is 11.8 Å². The summed E-state index contributed by atoms with van der Waals surface area (Å²) in [5.74, 6) is 14.2. The van der Waals surface area contributed by atoms with Gasteiger partial charge in [0.15, 0.2) is 0 Å². The third kappa shape index (κ3) is 6.92. The van der Waals surface area contributed by atoms with Gasteiger partial charge in [0.05, 0.1) is 4.90 Å². The van der Waals surface area contributed by atoms with Crippen molar-refractivity contribution in [3.05, 3.63) is 64.5 Å². The van der Waals surface area contributed by atoms with Crippen LogP contribution in [-0.2, 0) is 6.42 Å². The molecule has 0 aromatic heterocycles. The number of thioether (sulfide) groups is 1. The lowest BCUT2D eigenvalue weighted by molar-refractivity contribution is 0.296. The number of rotatable bonds is 5. The summed E-state index contributed by atoms with van der Waals surface area (Å²) < 4.78 is 14.0. The van der Waals surface area contributed by atoms with Crippen molar-refractivity contribution >= 4 is 11.8 Å². The highest BCUT2D eigenvalue weighted by atomic mass is 32.2.